The molecule has 17 heavy (non-hydrogen) atoms. The Morgan fingerprint density at radius 2 is 2.47 bits per heavy atom. The molecular formula is C12H19N3OS. The minimum Gasteiger partial charge on any atom is -0.309 e. The van der Waals surface area contributed by atoms with Crippen LogP contribution in [0.15, 0.2) is 10.9 Å². The average molecular weight is 253 g/mol. The van der Waals surface area contributed by atoms with E-state index in [-0.39, 0.29) is 11.6 Å². The van der Waals surface area contributed by atoms with Crippen LogP contribution in [0.4, 0.5) is 0 Å². The summed E-state index contributed by atoms with van der Waals surface area (Å²) in [6.45, 7) is 3.15. The zero-order valence-electron chi connectivity index (χ0n) is 10.4. The molecule has 0 aromatic carbocycles. The van der Waals surface area contributed by atoms with Crippen molar-refractivity contribution in [2.75, 3.05) is 25.1 Å². The van der Waals surface area contributed by atoms with E-state index >= 15 is 0 Å². The van der Waals surface area contributed by atoms with Gasteiger partial charge in [0.2, 0.25) is 0 Å². The number of hydrogen-bond donors (Lipinski definition) is 1. The molecule has 1 fully saturated rings. The van der Waals surface area contributed by atoms with E-state index in [1.165, 1.54) is 0 Å². The van der Waals surface area contributed by atoms with Crippen molar-refractivity contribution in [3.05, 3.63) is 27.9 Å². The van der Waals surface area contributed by atoms with E-state index in [4.69, 9.17) is 0 Å². The van der Waals surface area contributed by atoms with Crippen molar-refractivity contribution in [3.63, 3.8) is 0 Å². The highest BCUT2D eigenvalue weighted by Crippen LogP contribution is 2.25. The Kier molecular flexibility index (Phi) is 4.23. The number of aryl methyl sites for hydroxylation is 1. The zero-order chi connectivity index (χ0) is 12.3. The minimum atomic E-state index is -0.0255. The van der Waals surface area contributed by atoms with Gasteiger partial charge in [0.1, 0.15) is 5.82 Å². The third-order valence-corrected chi connectivity index (χ3v) is 4.05. The molecule has 1 N–H and O–H groups in total. The first kappa shape index (κ1) is 12.6. The third kappa shape index (κ3) is 3.10. The molecule has 0 amide bonds. The summed E-state index contributed by atoms with van der Waals surface area (Å²) in [7, 11) is 2.09. The molecule has 0 spiro atoms. The third-order valence-electron chi connectivity index (χ3n) is 3.03. The van der Waals surface area contributed by atoms with E-state index in [1.807, 2.05) is 11.8 Å². The summed E-state index contributed by atoms with van der Waals surface area (Å²) in [4.78, 5) is 21.4. The Morgan fingerprint density at radius 3 is 3.18 bits per heavy atom. The van der Waals surface area contributed by atoms with Gasteiger partial charge in [0.15, 0.2) is 0 Å². The molecule has 1 unspecified atom stereocenters. The molecule has 2 heterocycles. The van der Waals surface area contributed by atoms with Crippen LogP contribution < -0.4 is 5.56 Å². The van der Waals surface area contributed by atoms with Crippen molar-refractivity contribution in [2.45, 2.75) is 25.8 Å². The second-order valence-electron chi connectivity index (χ2n) is 4.44. The molecule has 5 heteroatoms. The normalized spacial score (nSPS) is 21.6. The summed E-state index contributed by atoms with van der Waals surface area (Å²) in [5.74, 6) is 3.00. The molecule has 2 rings (SSSR count). The maximum atomic E-state index is 11.6. The molecule has 0 saturated carbocycles. The number of nitrogens with zero attached hydrogens (tertiary/aromatic N) is 2. The molecule has 1 saturated heterocycles. The van der Waals surface area contributed by atoms with Gasteiger partial charge in [0, 0.05) is 29.8 Å². The number of aromatic nitrogens is 2. The van der Waals surface area contributed by atoms with Gasteiger partial charge in [-0.1, -0.05) is 13.3 Å². The van der Waals surface area contributed by atoms with Gasteiger partial charge in [-0.3, -0.25) is 9.69 Å². The Morgan fingerprint density at radius 1 is 1.65 bits per heavy atom. The lowest BCUT2D eigenvalue weighted by Gasteiger charge is -2.31. The average Bonchev–Trinajstić information content (AvgIpc) is 2.29. The standard InChI is InChI=1S/C12H19N3OS/c1-3-4-9-7-11(16)14-12(13-9)10-8-17-6-5-15(10)2/h7,10H,3-6,8H2,1-2H3,(H,13,14,16). The minimum absolute atomic E-state index is 0.0255. The summed E-state index contributed by atoms with van der Waals surface area (Å²) in [6, 6.07) is 1.86. The second-order valence-corrected chi connectivity index (χ2v) is 5.59. The van der Waals surface area contributed by atoms with E-state index in [9.17, 15) is 4.79 Å². The molecule has 94 valence electrons. The van der Waals surface area contributed by atoms with Crippen molar-refractivity contribution >= 4 is 11.8 Å². The first-order chi connectivity index (χ1) is 8.20. The summed E-state index contributed by atoms with van der Waals surface area (Å²) >= 11 is 1.92. The predicted molar refractivity (Wildman–Crippen MR) is 71.5 cm³/mol. The lowest BCUT2D eigenvalue weighted by molar-refractivity contribution is 0.263. The first-order valence-corrected chi connectivity index (χ1v) is 7.24. The highest BCUT2D eigenvalue weighted by Gasteiger charge is 2.23. The Balaban J connectivity index is 2.27. The predicted octanol–water partition coefficient (Wildman–Crippen LogP) is 1.44. The van der Waals surface area contributed by atoms with Gasteiger partial charge in [-0.2, -0.15) is 11.8 Å². The fourth-order valence-corrected chi connectivity index (χ4v) is 3.26. The van der Waals surface area contributed by atoms with Gasteiger partial charge >= 0.3 is 0 Å². The van der Waals surface area contributed by atoms with Crippen LogP contribution in [0, 0.1) is 0 Å². The molecule has 1 aliphatic rings. The number of aromatic amines is 1. The molecule has 4 nitrogen and oxygen atoms in total. The summed E-state index contributed by atoms with van der Waals surface area (Å²) < 4.78 is 0. The van der Waals surface area contributed by atoms with Gasteiger partial charge in [-0.05, 0) is 13.5 Å². The number of rotatable bonds is 3. The topological polar surface area (TPSA) is 49.0 Å². The maximum Gasteiger partial charge on any atom is 0.251 e. The largest absolute Gasteiger partial charge is 0.309 e. The second kappa shape index (κ2) is 5.69. The monoisotopic (exact) mass is 253 g/mol. The van der Waals surface area contributed by atoms with Gasteiger partial charge in [-0.15, -0.1) is 0 Å². The van der Waals surface area contributed by atoms with Gasteiger partial charge < -0.3 is 4.98 Å². The highest BCUT2D eigenvalue weighted by molar-refractivity contribution is 7.99. The van der Waals surface area contributed by atoms with Crippen LogP contribution >= 0.6 is 11.8 Å². The van der Waals surface area contributed by atoms with E-state index < -0.39 is 0 Å². The van der Waals surface area contributed by atoms with Crippen LogP contribution in [0.2, 0.25) is 0 Å². The summed E-state index contributed by atoms with van der Waals surface area (Å²) in [5.41, 5.74) is 0.887. The van der Waals surface area contributed by atoms with Crippen molar-refractivity contribution in [1.82, 2.24) is 14.9 Å². The molecule has 0 radical (unpaired) electrons. The lowest BCUT2D eigenvalue weighted by atomic mass is 10.2. The fourth-order valence-electron chi connectivity index (χ4n) is 2.04. The van der Waals surface area contributed by atoms with Gasteiger partial charge in [-0.25, -0.2) is 4.98 Å². The Hall–Kier alpha value is -0.810. The van der Waals surface area contributed by atoms with Gasteiger partial charge in [0.05, 0.1) is 6.04 Å². The molecule has 1 aromatic heterocycles. The van der Waals surface area contributed by atoms with Crippen molar-refractivity contribution in [3.8, 4) is 0 Å². The van der Waals surface area contributed by atoms with Crippen molar-refractivity contribution in [2.24, 2.45) is 0 Å². The molecule has 0 bridgehead atoms. The highest BCUT2D eigenvalue weighted by atomic mass is 32.2. The van der Waals surface area contributed by atoms with Crippen LogP contribution in [-0.2, 0) is 6.42 Å². The van der Waals surface area contributed by atoms with E-state index in [0.29, 0.717) is 0 Å². The van der Waals surface area contributed by atoms with Crippen LogP contribution in [0.5, 0.6) is 0 Å². The van der Waals surface area contributed by atoms with E-state index in [1.54, 1.807) is 6.07 Å². The molecule has 1 atom stereocenters. The van der Waals surface area contributed by atoms with Crippen LogP contribution in [0.25, 0.3) is 0 Å². The SMILES string of the molecule is CCCc1cc(=O)[nH]c(C2CSCCN2C)n1. The molecule has 0 aliphatic carbocycles. The lowest BCUT2D eigenvalue weighted by Crippen LogP contribution is -2.35. The van der Waals surface area contributed by atoms with Crippen LogP contribution in [0.3, 0.4) is 0 Å². The van der Waals surface area contributed by atoms with Gasteiger partial charge in [0.25, 0.3) is 5.56 Å². The molecular weight excluding hydrogens is 234 g/mol. The van der Waals surface area contributed by atoms with Crippen LogP contribution in [0.1, 0.15) is 30.9 Å². The summed E-state index contributed by atoms with van der Waals surface area (Å²) in [5, 5.41) is 0. The quantitative estimate of drug-likeness (QED) is 0.885. The summed E-state index contributed by atoms with van der Waals surface area (Å²) in [6.07, 6.45) is 1.89. The fraction of sp³-hybridized carbons (Fsp3) is 0.667. The van der Waals surface area contributed by atoms with Crippen molar-refractivity contribution in [1.29, 1.82) is 0 Å². The van der Waals surface area contributed by atoms with Crippen LogP contribution in [-0.4, -0.2) is 40.0 Å². The number of H-pyrrole nitrogens is 1. The van der Waals surface area contributed by atoms with E-state index in [0.717, 1.165) is 42.4 Å². The zero-order valence-corrected chi connectivity index (χ0v) is 11.2. The Bertz CT molecular complexity index is 432. The van der Waals surface area contributed by atoms with E-state index in [2.05, 4.69) is 28.8 Å². The molecule has 1 aliphatic heterocycles. The maximum absolute atomic E-state index is 11.6. The smallest absolute Gasteiger partial charge is 0.251 e. The Labute approximate surface area is 106 Å². The number of nitrogens with one attached hydrogen (secondary N) is 1. The number of thioether (sulfide) groups is 1. The molecule has 1 aromatic rings. The first-order valence-electron chi connectivity index (χ1n) is 6.09. The number of hydrogen-bond acceptors (Lipinski definition) is 4. The van der Waals surface area contributed by atoms with Crippen molar-refractivity contribution < 1.29 is 0 Å².